The number of hydrogen-bond donors (Lipinski definition) is 1. The molecule has 8 heteroatoms. The molecular weight excluding hydrogens is 521 g/mol. The minimum atomic E-state index is -0.0491. The predicted octanol–water partition coefficient (Wildman–Crippen LogP) is 6.88. The van der Waals surface area contributed by atoms with Gasteiger partial charge in [-0.1, -0.05) is 23.2 Å². The van der Waals surface area contributed by atoms with Crippen LogP contribution in [0.3, 0.4) is 0 Å². The average Bonchev–Trinajstić information content (AvgIpc) is 3.60. The first kappa shape index (κ1) is 25.6. The number of carbonyl (C=O) groups excluding carboxylic acids is 1. The minimum absolute atomic E-state index is 0.0491. The van der Waals surface area contributed by atoms with E-state index in [2.05, 4.69) is 27.0 Å². The van der Waals surface area contributed by atoms with E-state index < -0.39 is 0 Å². The van der Waals surface area contributed by atoms with Crippen LogP contribution in [0.25, 0.3) is 10.9 Å². The van der Waals surface area contributed by atoms with E-state index in [-0.39, 0.29) is 5.78 Å². The van der Waals surface area contributed by atoms with Gasteiger partial charge in [-0.25, -0.2) is 0 Å². The molecule has 6 rings (SSSR count). The molecule has 2 saturated heterocycles. The highest BCUT2D eigenvalue weighted by molar-refractivity contribution is 6.42. The van der Waals surface area contributed by atoms with Gasteiger partial charge in [-0.3, -0.25) is 4.79 Å². The quantitative estimate of drug-likeness (QED) is 0.255. The molecule has 200 valence electrons. The number of allylic oxidation sites excluding steroid dienone is 1. The van der Waals surface area contributed by atoms with Gasteiger partial charge >= 0.3 is 0 Å². The Labute approximate surface area is 233 Å². The van der Waals surface area contributed by atoms with Gasteiger partial charge in [-0.05, 0) is 99.5 Å². The molecule has 0 radical (unpaired) electrons. The molecule has 6 nitrogen and oxygen atoms in total. The van der Waals surface area contributed by atoms with Gasteiger partial charge in [0, 0.05) is 48.0 Å². The molecule has 1 aromatic heterocycles. The normalized spacial score (nSPS) is 19.2. The number of piperidine rings is 2. The van der Waals surface area contributed by atoms with Gasteiger partial charge in [0.1, 0.15) is 0 Å². The average molecular weight is 555 g/mol. The number of nitrogens with one attached hydrogen (secondary N) is 1. The molecule has 0 aliphatic carbocycles. The largest absolute Gasteiger partial charge is 0.454 e. The molecule has 3 aliphatic heterocycles. The highest BCUT2D eigenvalue weighted by atomic mass is 35.5. The van der Waals surface area contributed by atoms with Crippen molar-refractivity contribution in [2.45, 2.75) is 38.0 Å². The summed E-state index contributed by atoms with van der Waals surface area (Å²) in [7, 11) is 0. The number of carbonyl (C=O) groups is 1. The summed E-state index contributed by atoms with van der Waals surface area (Å²) in [6.45, 7) is 5.75. The fraction of sp³-hybridized carbons (Fsp3) is 0.433. The number of H-pyrrole nitrogens is 1. The third-order valence-electron chi connectivity index (χ3n) is 8.38. The summed E-state index contributed by atoms with van der Waals surface area (Å²) in [6, 6.07) is 9.09. The monoisotopic (exact) mass is 553 g/mol. The lowest BCUT2D eigenvalue weighted by Gasteiger charge is -2.35. The molecular formula is C30H33Cl2N3O3. The number of aromatic amines is 1. The summed E-state index contributed by atoms with van der Waals surface area (Å²) in [5, 5.41) is 2.07. The predicted molar refractivity (Wildman–Crippen MR) is 152 cm³/mol. The fourth-order valence-electron chi connectivity index (χ4n) is 6.07. The third-order valence-corrected chi connectivity index (χ3v) is 9.12. The van der Waals surface area contributed by atoms with Crippen molar-refractivity contribution in [3.8, 4) is 11.5 Å². The first-order valence-electron chi connectivity index (χ1n) is 13.6. The van der Waals surface area contributed by atoms with Gasteiger partial charge in [0.05, 0.1) is 10.0 Å². The number of halogens is 2. The van der Waals surface area contributed by atoms with Crippen molar-refractivity contribution in [3.05, 3.63) is 70.0 Å². The van der Waals surface area contributed by atoms with Crippen LogP contribution in [-0.4, -0.2) is 60.1 Å². The van der Waals surface area contributed by atoms with E-state index in [1.54, 1.807) is 24.3 Å². The molecule has 4 heterocycles. The van der Waals surface area contributed by atoms with Crippen molar-refractivity contribution in [2.75, 3.05) is 39.5 Å². The fourth-order valence-corrected chi connectivity index (χ4v) is 6.37. The number of ether oxygens (including phenoxy) is 2. The van der Waals surface area contributed by atoms with Gasteiger partial charge in [0.25, 0.3) is 0 Å². The smallest absolute Gasteiger partial charge is 0.231 e. The summed E-state index contributed by atoms with van der Waals surface area (Å²) in [5.41, 5.74) is 3.07. The zero-order valence-electron chi connectivity index (χ0n) is 21.4. The van der Waals surface area contributed by atoms with Crippen molar-refractivity contribution >= 4 is 39.9 Å². The number of rotatable bonds is 7. The highest BCUT2D eigenvalue weighted by Crippen LogP contribution is 2.44. The molecule has 1 N–H and O–H groups in total. The number of nitrogens with zero attached hydrogens (tertiary/aromatic N) is 2. The molecule has 0 saturated carbocycles. The second kappa shape index (κ2) is 11.2. The first-order chi connectivity index (χ1) is 18.5. The lowest BCUT2D eigenvalue weighted by atomic mass is 9.88. The Bertz CT molecular complexity index is 1340. The molecule has 0 spiro atoms. The van der Waals surface area contributed by atoms with E-state index in [1.165, 1.54) is 49.6 Å². The van der Waals surface area contributed by atoms with E-state index in [1.807, 2.05) is 12.3 Å². The lowest BCUT2D eigenvalue weighted by Crippen LogP contribution is -2.36. The summed E-state index contributed by atoms with van der Waals surface area (Å²) in [5.74, 6) is 3.01. The van der Waals surface area contributed by atoms with Crippen molar-refractivity contribution in [2.24, 2.45) is 5.92 Å². The Hall–Kier alpha value is -2.67. The molecule has 0 unspecified atom stereocenters. The Balaban J connectivity index is 0.945. The summed E-state index contributed by atoms with van der Waals surface area (Å²) in [4.78, 5) is 20.8. The van der Waals surface area contributed by atoms with E-state index in [4.69, 9.17) is 32.7 Å². The van der Waals surface area contributed by atoms with Crippen LogP contribution in [0.1, 0.15) is 53.9 Å². The van der Waals surface area contributed by atoms with Gasteiger partial charge in [-0.2, -0.15) is 0 Å². The maximum Gasteiger partial charge on any atom is 0.231 e. The molecule has 38 heavy (non-hydrogen) atoms. The Morgan fingerprint density at radius 3 is 2.61 bits per heavy atom. The highest BCUT2D eigenvalue weighted by Gasteiger charge is 2.27. The Morgan fingerprint density at radius 2 is 1.82 bits per heavy atom. The van der Waals surface area contributed by atoms with Gasteiger partial charge in [0.2, 0.25) is 6.79 Å². The SMILES string of the molecule is O=C(/C=C/N1CCC(CCN2CCC(c3c[nH]c4ccc5c(c34)OCO5)CC2)CC1)c1ccc(Cl)c(Cl)c1. The van der Waals surface area contributed by atoms with Crippen LogP contribution >= 0.6 is 23.2 Å². The maximum absolute atomic E-state index is 12.5. The Morgan fingerprint density at radius 1 is 1.00 bits per heavy atom. The van der Waals surface area contributed by atoms with Gasteiger partial charge < -0.3 is 24.3 Å². The lowest BCUT2D eigenvalue weighted by molar-refractivity contribution is 0.104. The molecule has 0 amide bonds. The molecule has 2 aromatic carbocycles. The summed E-state index contributed by atoms with van der Waals surface area (Å²) < 4.78 is 11.4. The van der Waals surface area contributed by atoms with Crippen LogP contribution in [0.5, 0.6) is 11.5 Å². The standard InChI is InChI=1S/C30H33Cl2N3O3/c31-24-2-1-22(17-25(24)32)27(36)10-16-34-11-5-20(6-12-34)7-13-35-14-8-21(9-15-35)23-18-33-26-3-4-28-30(29(23)26)38-19-37-28/h1-4,10,16-18,20-21,33H,5-9,11-15,19H2/b16-10+. The van der Waals surface area contributed by atoms with Crippen molar-refractivity contribution in [1.29, 1.82) is 0 Å². The topological polar surface area (TPSA) is 57.8 Å². The third kappa shape index (κ3) is 5.40. The molecule has 2 fully saturated rings. The minimum Gasteiger partial charge on any atom is -0.454 e. The zero-order valence-corrected chi connectivity index (χ0v) is 22.9. The second-order valence-electron chi connectivity index (χ2n) is 10.7. The van der Waals surface area contributed by atoms with Crippen molar-refractivity contribution in [1.82, 2.24) is 14.8 Å². The van der Waals surface area contributed by atoms with E-state index in [9.17, 15) is 4.79 Å². The maximum atomic E-state index is 12.5. The summed E-state index contributed by atoms with van der Waals surface area (Å²) >= 11 is 12.0. The molecule has 3 aromatic rings. The first-order valence-corrected chi connectivity index (χ1v) is 14.3. The molecule has 3 aliphatic rings. The number of ketones is 1. The van der Waals surface area contributed by atoms with Crippen LogP contribution in [0.4, 0.5) is 0 Å². The van der Waals surface area contributed by atoms with Crippen molar-refractivity contribution in [3.63, 3.8) is 0 Å². The van der Waals surface area contributed by atoms with Crippen LogP contribution in [0.2, 0.25) is 10.0 Å². The number of fused-ring (bicyclic) bond motifs is 3. The van der Waals surface area contributed by atoms with Crippen LogP contribution in [0.15, 0.2) is 48.8 Å². The number of likely N-dealkylation sites (tertiary alicyclic amines) is 2. The van der Waals surface area contributed by atoms with E-state index in [0.717, 1.165) is 49.1 Å². The van der Waals surface area contributed by atoms with Crippen LogP contribution in [0, 0.1) is 5.92 Å². The van der Waals surface area contributed by atoms with E-state index >= 15 is 0 Å². The van der Waals surface area contributed by atoms with Crippen LogP contribution in [-0.2, 0) is 0 Å². The number of benzene rings is 2. The summed E-state index contributed by atoms with van der Waals surface area (Å²) in [6.07, 6.45) is 11.7. The second-order valence-corrected chi connectivity index (χ2v) is 11.5. The molecule has 0 bridgehead atoms. The van der Waals surface area contributed by atoms with Gasteiger partial charge in [0.15, 0.2) is 17.3 Å². The van der Waals surface area contributed by atoms with E-state index in [0.29, 0.717) is 28.3 Å². The van der Waals surface area contributed by atoms with Crippen LogP contribution < -0.4 is 9.47 Å². The Kier molecular flexibility index (Phi) is 7.55. The van der Waals surface area contributed by atoms with Gasteiger partial charge in [-0.15, -0.1) is 0 Å². The van der Waals surface area contributed by atoms with Crippen molar-refractivity contribution < 1.29 is 14.3 Å². The number of hydrogen-bond acceptors (Lipinski definition) is 5. The molecule has 0 atom stereocenters. The number of aromatic nitrogens is 1. The zero-order chi connectivity index (χ0) is 26.1.